The highest BCUT2D eigenvalue weighted by Gasteiger charge is 2.61. The molecule has 0 aliphatic carbocycles. The van der Waals surface area contributed by atoms with Crippen LogP contribution in [0.1, 0.15) is 29.8 Å². The van der Waals surface area contributed by atoms with E-state index in [2.05, 4.69) is 15.0 Å². The van der Waals surface area contributed by atoms with Crippen LogP contribution in [0.4, 0.5) is 0 Å². The highest BCUT2D eigenvalue weighted by Crippen LogP contribution is 2.45. The first kappa shape index (κ1) is 15.8. The lowest BCUT2D eigenvalue weighted by molar-refractivity contribution is -0.179. The van der Waals surface area contributed by atoms with E-state index in [9.17, 15) is 9.59 Å². The predicted molar refractivity (Wildman–Crippen MR) is 92.2 cm³/mol. The maximum atomic E-state index is 13.1. The van der Waals surface area contributed by atoms with Gasteiger partial charge in [0, 0.05) is 37.3 Å². The zero-order valence-electron chi connectivity index (χ0n) is 14.0. The first-order valence-corrected chi connectivity index (χ1v) is 9.55. The fraction of sp³-hybridized carbons (Fsp3) is 0.471. The molecular weight excluding hydrogens is 354 g/mol. The molecule has 3 saturated heterocycles. The van der Waals surface area contributed by atoms with E-state index in [1.54, 1.807) is 28.7 Å². The summed E-state index contributed by atoms with van der Waals surface area (Å²) in [5, 5.41) is 2.34. The van der Waals surface area contributed by atoms with Crippen LogP contribution in [-0.2, 0) is 9.53 Å². The Morgan fingerprint density at radius 3 is 3.00 bits per heavy atom. The van der Waals surface area contributed by atoms with Gasteiger partial charge in [0.15, 0.2) is 16.6 Å². The molecule has 8 nitrogen and oxygen atoms in total. The molecule has 134 valence electrons. The molecule has 2 atom stereocenters. The summed E-state index contributed by atoms with van der Waals surface area (Å²) in [6, 6.07) is 1.50. The van der Waals surface area contributed by atoms with Crippen LogP contribution < -0.4 is 0 Å². The molecule has 3 fully saturated rings. The summed E-state index contributed by atoms with van der Waals surface area (Å²) in [5.74, 6) is 0.422. The van der Waals surface area contributed by atoms with Crippen molar-refractivity contribution in [2.45, 2.75) is 31.0 Å². The third-order valence-electron chi connectivity index (χ3n) is 5.35. The van der Waals surface area contributed by atoms with Crippen LogP contribution in [0.2, 0.25) is 0 Å². The second-order valence-electron chi connectivity index (χ2n) is 6.67. The van der Waals surface area contributed by atoms with E-state index in [-0.39, 0.29) is 17.9 Å². The minimum atomic E-state index is -0.633. The Balaban J connectivity index is 1.42. The van der Waals surface area contributed by atoms with E-state index in [4.69, 9.17) is 4.74 Å². The van der Waals surface area contributed by atoms with Crippen molar-refractivity contribution in [2.75, 3.05) is 19.7 Å². The maximum absolute atomic E-state index is 13.1. The van der Waals surface area contributed by atoms with Crippen molar-refractivity contribution in [1.82, 2.24) is 24.8 Å². The average molecular weight is 371 g/mol. The van der Waals surface area contributed by atoms with Gasteiger partial charge in [-0.3, -0.25) is 9.59 Å². The quantitative estimate of drug-likeness (QED) is 0.787. The molecule has 26 heavy (non-hydrogen) atoms. The Bertz CT molecular complexity index is 872. The number of nitrogens with zero attached hydrogens (tertiary/aromatic N) is 5. The second-order valence-corrected chi connectivity index (χ2v) is 7.53. The number of carbonyl (C=O) groups is 2. The van der Waals surface area contributed by atoms with Gasteiger partial charge in [-0.25, -0.2) is 15.0 Å². The Hall–Kier alpha value is -2.39. The summed E-state index contributed by atoms with van der Waals surface area (Å²) in [4.78, 5) is 41.8. The van der Waals surface area contributed by atoms with Crippen LogP contribution in [0, 0.1) is 0 Å². The number of thiazole rings is 1. The first-order valence-electron chi connectivity index (χ1n) is 8.67. The average Bonchev–Trinajstić information content (AvgIpc) is 3.35. The van der Waals surface area contributed by atoms with E-state index in [0.717, 1.165) is 6.42 Å². The fourth-order valence-corrected chi connectivity index (χ4v) is 4.96. The summed E-state index contributed by atoms with van der Waals surface area (Å²) in [6.45, 7) is 1.92. The molecule has 5 heterocycles. The van der Waals surface area contributed by atoms with Crippen molar-refractivity contribution in [3.63, 3.8) is 0 Å². The number of likely N-dealkylation sites (tertiary alicyclic amines) is 1. The van der Waals surface area contributed by atoms with Gasteiger partial charge in [0.05, 0.1) is 19.1 Å². The molecule has 0 aromatic carbocycles. The predicted octanol–water partition coefficient (Wildman–Crippen LogP) is 1.16. The molecule has 0 unspecified atom stereocenters. The molecule has 9 heteroatoms. The number of carbonyl (C=O) groups excluding carboxylic acids is 2. The first-order chi connectivity index (χ1) is 12.7. The highest BCUT2D eigenvalue weighted by molar-refractivity contribution is 7.13. The van der Waals surface area contributed by atoms with Gasteiger partial charge in [-0.1, -0.05) is 0 Å². The van der Waals surface area contributed by atoms with E-state index >= 15 is 0 Å². The molecule has 3 aliphatic rings. The summed E-state index contributed by atoms with van der Waals surface area (Å²) in [6.07, 6.45) is 5.13. The third kappa shape index (κ3) is 2.20. The maximum Gasteiger partial charge on any atom is 0.273 e. The van der Waals surface area contributed by atoms with Crippen molar-refractivity contribution in [3.05, 3.63) is 29.5 Å². The molecule has 0 bridgehead atoms. The number of rotatable bonds is 2. The molecule has 0 radical (unpaired) electrons. The summed E-state index contributed by atoms with van der Waals surface area (Å²) in [5.41, 5.74) is -0.261. The van der Waals surface area contributed by atoms with Crippen molar-refractivity contribution >= 4 is 23.2 Å². The van der Waals surface area contributed by atoms with E-state index in [0.29, 0.717) is 49.1 Å². The topological polar surface area (TPSA) is 88.5 Å². The summed E-state index contributed by atoms with van der Waals surface area (Å²) < 4.78 is 6.05. The lowest BCUT2D eigenvalue weighted by Gasteiger charge is -2.42. The minimum Gasteiger partial charge on any atom is -0.353 e. The molecule has 1 spiro atoms. The van der Waals surface area contributed by atoms with Gasteiger partial charge in [0.25, 0.3) is 5.91 Å². The SMILES string of the molecule is O=C(c1csc(-c2ncccn2)n1)N1CC[C@@]23OCCCN2C(=O)C[C@@H]13. The van der Waals surface area contributed by atoms with Crippen LogP contribution in [0.15, 0.2) is 23.8 Å². The molecule has 2 aromatic heterocycles. The van der Waals surface area contributed by atoms with Crippen LogP contribution in [-0.4, -0.2) is 68.0 Å². The monoisotopic (exact) mass is 371 g/mol. The van der Waals surface area contributed by atoms with Gasteiger partial charge in [0.2, 0.25) is 5.91 Å². The fourth-order valence-electron chi connectivity index (χ4n) is 4.22. The van der Waals surface area contributed by atoms with Crippen LogP contribution in [0.25, 0.3) is 10.8 Å². The number of hydrogen-bond acceptors (Lipinski definition) is 7. The normalized spacial score (nSPS) is 27.5. The number of hydrogen-bond donors (Lipinski definition) is 0. The molecule has 3 aliphatic heterocycles. The molecule has 2 amide bonds. The molecule has 0 saturated carbocycles. The number of amides is 2. The van der Waals surface area contributed by atoms with Crippen LogP contribution in [0.5, 0.6) is 0 Å². The van der Waals surface area contributed by atoms with E-state index in [1.807, 2.05) is 4.90 Å². The van der Waals surface area contributed by atoms with Crippen molar-refractivity contribution < 1.29 is 14.3 Å². The van der Waals surface area contributed by atoms with Gasteiger partial charge in [-0.15, -0.1) is 11.3 Å². The van der Waals surface area contributed by atoms with Gasteiger partial charge in [0.1, 0.15) is 5.69 Å². The molecule has 0 N–H and O–H groups in total. The zero-order chi connectivity index (χ0) is 17.7. The smallest absolute Gasteiger partial charge is 0.273 e. The highest BCUT2D eigenvalue weighted by atomic mass is 32.1. The van der Waals surface area contributed by atoms with Crippen molar-refractivity contribution in [2.24, 2.45) is 0 Å². The second kappa shape index (κ2) is 5.82. The van der Waals surface area contributed by atoms with Gasteiger partial charge in [-0.05, 0) is 12.5 Å². The molecule has 5 rings (SSSR count). The van der Waals surface area contributed by atoms with Gasteiger partial charge >= 0.3 is 0 Å². The molecular formula is C17H17N5O3S. The van der Waals surface area contributed by atoms with Gasteiger partial charge < -0.3 is 14.5 Å². The van der Waals surface area contributed by atoms with Crippen LogP contribution in [0.3, 0.4) is 0 Å². The van der Waals surface area contributed by atoms with Crippen LogP contribution >= 0.6 is 11.3 Å². The lowest BCUT2D eigenvalue weighted by atomic mass is 10.0. The Labute approximate surface area is 153 Å². The summed E-state index contributed by atoms with van der Waals surface area (Å²) in [7, 11) is 0. The Morgan fingerprint density at radius 2 is 2.15 bits per heavy atom. The minimum absolute atomic E-state index is 0.0730. The standard InChI is InChI=1S/C17H17N5O3S/c23-13-9-12-17(22(13)6-2-8-25-17)3-7-21(12)16(24)11-10-26-15(20-11)14-18-4-1-5-19-14/h1,4-5,10,12H,2-3,6-9H2/t12-,17+/m1/s1. The zero-order valence-corrected chi connectivity index (χ0v) is 14.8. The number of ether oxygens (including phenoxy) is 1. The summed E-state index contributed by atoms with van der Waals surface area (Å²) >= 11 is 1.34. The van der Waals surface area contributed by atoms with E-state index in [1.165, 1.54) is 11.3 Å². The van der Waals surface area contributed by atoms with Crippen molar-refractivity contribution in [1.29, 1.82) is 0 Å². The molecule has 2 aromatic rings. The van der Waals surface area contributed by atoms with E-state index < -0.39 is 5.72 Å². The lowest BCUT2D eigenvalue weighted by Crippen LogP contribution is -2.56. The third-order valence-corrected chi connectivity index (χ3v) is 6.19. The Kier molecular flexibility index (Phi) is 3.54. The van der Waals surface area contributed by atoms with Crippen molar-refractivity contribution in [3.8, 4) is 10.8 Å². The number of aromatic nitrogens is 3. The Morgan fingerprint density at radius 1 is 1.31 bits per heavy atom. The largest absolute Gasteiger partial charge is 0.353 e. The van der Waals surface area contributed by atoms with Gasteiger partial charge in [-0.2, -0.15) is 0 Å².